The molecular formula is C40H68O4. The Morgan fingerprint density at radius 1 is 0.750 bits per heavy atom. The molecule has 4 heteroatoms. The van der Waals surface area contributed by atoms with E-state index < -0.39 is 6.10 Å². The molecule has 0 aromatic rings. The molecule has 0 aromatic heterocycles. The molecule has 0 fully saturated rings. The number of carbonyl (C=O) groups excluding carboxylic acids is 2. The molecule has 0 bridgehead atoms. The minimum absolute atomic E-state index is 0.0530. The van der Waals surface area contributed by atoms with Gasteiger partial charge in [0.05, 0.1) is 12.7 Å². The highest BCUT2D eigenvalue weighted by molar-refractivity contribution is 6.07. The minimum atomic E-state index is -0.451. The molecule has 1 N–H and O–H groups in total. The van der Waals surface area contributed by atoms with E-state index in [9.17, 15) is 14.7 Å². The fourth-order valence-electron chi connectivity index (χ4n) is 5.81. The van der Waals surface area contributed by atoms with Crippen LogP contribution in [-0.2, 0) is 14.3 Å². The number of rotatable bonds is 30. The van der Waals surface area contributed by atoms with Crippen molar-refractivity contribution in [3.63, 3.8) is 0 Å². The second kappa shape index (κ2) is 29.8. The average Bonchev–Trinajstić information content (AvgIpc) is 3.37. The Bertz CT molecular complexity index is 821. The first-order chi connectivity index (χ1) is 21.6. The molecule has 2 atom stereocenters. The largest absolute Gasteiger partial charge is 0.466 e. The van der Waals surface area contributed by atoms with Crippen molar-refractivity contribution in [2.75, 3.05) is 6.61 Å². The quantitative estimate of drug-likeness (QED) is 0.0379. The van der Waals surface area contributed by atoms with Gasteiger partial charge in [-0.1, -0.05) is 159 Å². The van der Waals surface area contributed by atoms with E-state index in [2.05, 4.69) is 32.1 Å². The lowest BCUT2D eigenvalue weighted by Gasteiger charge is -2.10. The first-order valence-electron chi connectivity index (χ1n) is 18.6. The first kappa shape index (κ1) is 40.1. The Kier molecular flexibility index (Phi) is 27.1. The number of hydrogen-bond donors (Lipinski definition) is 1. The van der Waals surface area contributed by atoms with Crippen molar-refractivity contribution in [3.8, 4) is 0 Å². The number of allylic oxidation sites excluding steroid dienone is 6. The lowest BCUT2D eigenvalue weighted by molar-refractivity contribution is -0.143. The Morgan fingerprint density at radius 2 is 1.32 bits per heavy atom. The number of esters is 1. The van der Waals surface area contributed by atoms with Gasteiger partial charge in [-0.2, -0.15) is 0 Å². The van der Waals surface area contributed by atoms with E-state index in [0.29, 0.717) is 25.9 Å². The molecule has 0 spiro atoms. The molecule has 0 radical (unpaired) electrons. The molecule has 252 valence electrons. The molecule has 0 unspecified atom stereocenters. The molecule has 0 aromatic carbocycles. The van der Waals surface area contributed by atoms with Gasteiger partial charge >= 0.3 is 5.97 Å². The summed E-state index contributed by atoms with van der Waals surface area (Å²) in [7, 11) is 0. The lowest BCUT2D eigenvalue weighted by atomic mass is 9.96. The minimum Gasteiger partial charge on any atom is -0.466 e. The summed E-state index contributed by atoms with van der Waals surface area (Å²) >= 11 is 0. The van der Waals surface area contributed by atoms with E-state index in [1.54, 1.807) is 6.08 Å². The summed E-state index contributed by atoms with van der Waals surface area (Å²) in [5.74, 6) is 0.0426. The summed E-state index contributed by atoms with van der Waals surface area (Å²) in [5.41, 5.74) is 0.788. The number of unbranched alkanes of at least 4 members (excludes halogenated alkanes) is 18. The van der Waals surface area contributed by atoms with Crippen LogP contribution in [0.5, 0.6) is 0 Å². The first-order valence-corrected chi connectivity index (χ1v) is 18.6. The van der Waals surface area contributed by atoms with Gasteiger partial charge in [0.2, 0.25) is 0 Å². The number of aliphatic hydroxyl groups excluding tert-OH is 1. The fraction of sp³-hybridized carbons (Fsp3) is 0.750. The monoisotopic (exact) mass is 613 g/mol. The van der Waals surface area contributed by atoms with Crippen molar-refractivity contribution in [2.45, 2.75) is 180 Å². The third-order valence-electron chi connectivity index (χ3n) is 8.65. The number of aliphatic hydroxyl groups is 1. The smallest absolute Gasteiger partial charge is 0.305 e. The van der Waals surface area contributed by atoms with Crippen molar-refractivity contribution in [1.29, 1.82) is 0 Å². The maximum absolute atomic E-state index is 12.2. The van der Waals surface area contributed by atoms with Crippen LogP contribution in [0, 0.1) is 5.92 Å². The van der Waals surface area contributed by atoms with Crippen molar-refractivity contribution in [2.24, 2.45) is 5.92 Å². The zero-order chi connectivity index (χ0) is 31.9. The highest BCUT2D eigenvalue weighted by Crippen LogP contribution is 2.26. The van der Waals surface area contributed by atoms with Crippen LogP contribution in [0.25, 0.3) is 0 Å². The van der Waals surface area contributed by atoms with Gasteiger partial charge in [-0.25, -0.2) is 0 Å². The van der Waals surface area contributed by atoms with Crippen LogP contribution in [0.4, 0.5) is 0 Å². The van der Waals surface area contributed by atoms with E-state index in [1.807, 2.05) is 18.2 Å². The Hall–Kier alpha value is -1.94. The van der Waals surface area contributed by atoms with Crippen LogP contribution < -0.4 is 0 Å². The number of ketones is 1. The number of hydrogen-bond acceptors (Lipinski definition) is 4. The zero-order valence-electron chi connectivity index (χ0n) is 28.8. The molecular weight excluding hydrogens is 544 g/mol. The molecule has 0 amide bonds. The molecule has 1 aliphatic rings. The van der Waals surface area contributed by atoms with Gasteiger partial charge in [0.15, 0.2) is 5.78 Å². The van der Waals surface area contributed by atoms with Gasteiger partial charge in [0.25, 0.3) is 0 Å². The molecule has 0 aliphatic heterocycles. The highest BCUT2D eigenvalue weighted by Gasteiger charge is 2.21. The van der Waals surface area contributed by atoms with Crippen LogP contribution in [0.15, 0.2) is 48.1 Å². The summed E-state index contributed by atoms with van der Waals surface area (Å²) in [4.78, 5) is 24.2. The van der Waals surface area contributed by atoms with Gasteiger partial charge in [-0.3, -0.25) is 9.59 Å². The zero-order valence-corrected chi connectivity index (χ0v) is 28.8. The third-order valence-corrected chi connectivity index (χ3v) is 8.65. The van der Waals surface area contributed by atoms with Crippen molar-refractivity contribution < 1.29 is 19.4 Å². The SMILES string of the molecule is CC/C=C\C[C@H](O)C/C=C1/C(=O)C=C[C@@H]1C/C=C\CCCC(=O)OCCCCCCCCCCCCCCCCCCCC. The van der Waals surface area contributed by atoms with Crippen molar-refractivity contribution >= 4 is 11.8 Å². The summed E-state index contributed by atoms with van der Waals surface area (Å²) < 4.78 is 5.42. The Balaban J connectivity index is 1.92. The van der Waals surface area contributed by atoms with Crippen LogP contribution >= 0.6 is 0 Å². The second-order valence-electron chi connectivity index (χ2n) is 12.8. The molecule has 44 heavy (non-hydrogen) atoms. The van der Waals surface area contributed by atoms with Crippen molar-refractivity contribution in [1.82, 2.24) is 0 Å². The van der Waals surface area contributed by atoms with E-state index in [0.717, 1.165) is 44.1 Å². The van der Waals surface area contributed by atoms with Crippen molar-refractivity contribution in [3.05, 3.63) is 48.1 Å². The highest BCUT2D eigenvalue weighted by atomic mass is 16.5. The topological polar surface area (TPSA) is 63.6 Å². The molecule has 1 aliphatic carbocycles. The van der Waals surface area contributed by atoms with Crippen LogP contribution in [0.3, 0.4) is 0 Å². The number of carbonyl (C=O) groups is 2. The van der Waals surface area contributed by atoms with Crippen LogP contribution in [-0.4, -0.2) is 29.6 Å². The van der Waals surface area contributed by atoms with Gasteiger partial charge in [-0.15, -0.1) is 0 Å². The molecule has 0 heterocycles. The second-order valence-corrected chi connectivity index (χ2v) is 12.8. The molecule has 0 saturated heterocycles. The predicted molar refractivity (Wildman–Crippen MR) is 188 cm³/mol. The van der Waals surface area contributed by atoms with Gasteiger partial charge in [-0.05, 0) is 51.0 Å². The van der Waals surface area contributed by atoms with E-state index >= 15 is 0 Å². The predicted octanol–water partition coefficient (Wildman–Crippen LogP) is 11.5. The third kappa shape index (κ3) is 23.4. The lowest BCUT2D eigenvalue weighted by Crippen LogP contribution is -2.07. The molecule has 0 saturated carbocycles. The molecule has 4 nitrogen and oxygen atoms in total. The average molecular weight is 613 g/mol. The summed E-state index contributed by atoms with van der Waals surface area (Å²) in [6.45, 7) is 4.90. The maximum atomic E-state index is 12.2. The molecule has 1 rings (SSSR count). The van der Waals surface area contributed by atoms with E-state index in [4.69, 9.17) is 4.74 Å². The summed E-state index contributed by atoms with van der Waals surface area (Å²) in [5, 5.41) is 10.1. The van der Waals surface area contributed by atoms with Crippen LogP contribution in [0.2, 0.25) is 0 Å². The maximum Gasteiger partial charge on any atom is 0.305 e. The van der Waals surface area contributed by atoms with Gasteiger partial charge in [0.1, 0.15) is 0 Å². The van der Waals surface area contributed by atoms with E-state index in [1.165, 1.54) is 103 Å². The number of ether oxygens (including phenoxy) is 1. The fourth-order valence-corrected chi connectivity index (χ4v) is 5.81. The summed E-state index contributed by atoms with van der Waals surface area (Å²) in [6.07, 6.45) is 42.6. The van der Waals surface area contributed by atoms with Crippen LogP contribution in [0.1, 0.15) is 174 Å². The van der Waals surface area contributed by atoms with Gasteiger partial charge in [0, 0.05) is 17.9 Å². The summed E-state index contributed by atoms with van der Waals surface area (Å²) in [6, 6.07) is 0. The Labute approximate surface area is 271 Å². The normalized spacial score (nSPS) is 16.7. The Morgan fingerprint density at radius 3 is 1.89 bits per heavy atom. The van der Waals surface area contributed by atoms with E-state index in [-0.39, 0.29) is 17.7 Å². The van der Waals surface area contributed by atoms with Gasteiger partial charge < -0.3 is 9.84 Å². The standard InChI is InChI=1S/C40H68O4/c1-3-5-7-8-9-10-11-12-13-14-15-16-17-18-19-20-23-27-35-44-40(43)30-26-22-21-25-28-36-31-34-39(42)38(36)33-32-37(41)29-24-6-4-2/h6,21,24-25,31,33-34,36-37,41H,3-5,7-20,22-23,26-30,32,35H2,1-2H3/b24-6-,25-21-,38-33+/t36-,37-/m0/s1.